The highest BCUT2D eigenvalue weighted by molar-refractivity contribution is 6.56. The van der Waals surface area contributed by atoms with Crippen molar-refractivity contribution in [1.82, 2.24) is 10.3 Å². The molecule has 0 aliphatic carbocycles. The maximum Gasteiger partial charge on any atom is 0.492 e. The Morgan fingerprint density at radius 2 is 1.86 bits per heavy atom. The second kappa shape index (κ2) is 7.93. The van der Waals surface area contributed by atoms with Gasteiger partial charge in [-0.3, -0.25) is 0 Å². The average molecular weight is 411 g/mol. The van der Waals surface area contributed by atoms with E-state index in [1.807, 2.05) is 27.7 Å². The number of pyridine rings is 1. The van der Waals surface area contributed by atoms with Gasteiger partial charge in [0.2, 0.25) is 0 Å². The van der Waals surface area contributed by atoms with Crippen LogP contribution in [-0.2, 0) is 14.0 Å². The lowest BCUT2D eigenvalue weighted by molar-refractivity contribution is 0.00578. The summed E-state index contributed by atoms with van der Waals surface area (Å²) in [6.07, 6.45) is 1.03. The number of aromatic hydroxyl groups is 1. The molecule has 7 nitrogen and oxygen atoms in total. The minimum atomic E-state index is -0.736. The molecule has 1 aliphatic rings. The van der Waals surface area contributed by atoms with Gasteiger partial charge in [0.1, 0.15) is 22.2 Å². The molecule has 0 radical (unpaired) electrons. The third-order valence-electron chi connectivity index (χ3n) is 4.58. The standard InChI is InChI=1S/C19H28BClN2O5/c1-17(2,3)26-16(25)22-11-12(10-13-14(24)8-9-15(21)23-13)20-27-18(4,5)19(6,7)28-20/h8-10,24H,11H2,1-7H3,(H,22,25). The first kappa shape index (κ1) is 22.5. The van der Waals surface area contributed by atoms with Crippen LogP contribution in [0.4, 0.5) is 4.79 Å². The largest absolute Gasteiger partial charge is 0.506 e. The summed E-state index contributed by atoms with van der Waals surface area (Å²) < 4.78 is 17.4. The predicted octanol–water partition coefficient (Wildman–Crippen LogP) is 3.98. The summed E-state index contributed by atoms with van der Waals surface area (Å²) in [4.78, 5) is 16.2. The molecular formula is C19H28BClN2O5. The van der Waals surface area contributed by atoms with Crippen molar-refractivity contribution in [2.75, 3.05) is 6.54 Å². The van der Waals surface area contributed by atoms with E-state index in [0.29, 0.717) is 5.47 Å². The molecule has 2 heterocycles. The molecule has 0 spiro atoms. The number of alkyl carbamates (subject to hydrolysis) is 1. The van der Waals surface area contributed by atoms with E-state index < -0.39 is 30.0 Å². The number of nitrogens with zero attached hydrogens (tertiary/aromatic N) is 1. The van der Waals surface area contributed by atoms with Crippen molar-refractivity contribution in [3.8, 4) is 5.75 Å². The summed E-state index contributed by atoms with van der Waals surface area (Å²) in [5.74, 6) is -0.0457. The second-order valence-electron chi connectivity index (χ2n) is 8.70. The fourth-order valence-corrected chi connectivity index (χ4v) is 2.56. The average Bonchev–Trinajstić information content (AvgIpc) is 2.73. The van der Waals surface area contributed by atoms with Crippen LogP contribution in [0.5, 0.6) is 5.75 Å². The lowest BCUT2D eigenvalue weighted by atomic mass is 9.77. The number of hydrogen-bond donors (Lipinski definition) is 2. The Morgan fingerprint density at radius 1 is 1.29 bits per heavy atom. The molecule has 1 saturated heterocycles. The van der Waals surface area contributed by atoms with Gasteiger partial charge in [0.15, 0.2) is 0 Å². The van der Waals surface area contributed by atoms with Gasteiger partial charge in [0, 0.05) is 6.54 Å². The fraction of sp³-hybridized carbons (Fsp3) is 0.579. The first-order chi connectivity index (χ1) is 12.7. The first-order valence-electron chi connectivity index (χ1n) is 9.09. The molecule has 1 amide bonds. The molecule has 0 unspecified atom stereocenters. The van der Waals surface area contributed by atoms with E-state index in [9.17, 15) is 9.90 Å². The number of amides is 1. The number of halogens is 1. The number of ether oxygens (including phenoxy) is 1. The first-order valence-corrected chi connectivity index (χ1v) is 9.46. The third kappa shape index (κ3) is 5.62. The molecule has 1 aromatic heterocycles. The Bertz CT molecular complexity index is 758. The van der Waals surface area contributed by atoms with Gasteiger partial charge in [-0.25, -0.2) is 9.78 Å². The maximum absolute atomic E-state index is 12.1. The van der Waals surface area contributed by atoms with Crippen molar-refractivity contribution in [2.24, 2.45) is 0 Å². The summed E-state index contributed by atoms with van der Waals surface area (Å²) in [7, 11) is -0.736. The molecule has 0 atom stereocenters. The zero-order valence-corrected chi connectivity index (χ0v) is 18.2. The lowest BCUT2D eigenvalue weighted by Gasteiger charge is -2.32. The number of rotatable bonds is 4. The Balaban J connectivity index is 2.30. The summed E-state index contributed by atoms with van der Waals surface area (Å²) in [6.45, 7) is 13.2. The highest BCUT2D eigenvalue weighted by Crippen LogP contribution is 2.39. The maximum atomic E-state index is 12.1. The smallest absolute Gasteiger partial charge is 0.492 e. The molecule has 1 aliphatic heterocycles. The Labute approximate surface area is 171 Å². The van der Waals surface area contributed by atoms with E-state index in [0.717, 1.165) is 0 Å². The van der Waals surface area contributed by atoms with E-state index in [4.69, 9.17) is 25.6 Å². The van der Waals surface area contributed by atoms with Crippen LogP contribution in [0, 0.1) is 0 Å². The van der Waals surface area contributed by atoms with Crippen molar-refractivity contribution in [3.05, 3.63) is 28.5 Å². The molecular weight excluding hydrogens is 382 g/mol. The van der Waals surface area contributed by atoms with Crippen LogP contribution in [0.1, 0.15) is 54.2 Å². The Morgan fingerprint density at radius 3 is 2.39 bits per heavy atom. The van der Waals surface area contributed by atoms with Crippen molar-refractivity contribution < 1.29 is 23.9 Å². The second-order valence-corrected chi connectivity index (χ2v) is 9.09. The zero-order valence-electron chi connectivity index (χ0n) is 17.4. The van der Waals surface area contributed by atoms with E-state index in [1.165, 1.54) is 12.1 Å². The molecule has 1 aromatic rings. The lowest BCUT2D eigenvalue weighted by Crippen LogP contribution is -2.41. The SMILES string of the molecule is CC(C)(C)OC(=O)NCC(=Cc1nc(Cl)ccc1O)B1OC(C)(C)C(C)(C)O1. The van der Waals surface area contributed by atoms with E-state index >= 15 is 0 Å². The Kier molecular flexibility index (Phi) is 6.38. The number of nitrogens with one attached hydrogen (secondary N) is 1. The van der Waals surface area contributed by atoms with E-state index in [2.05, 4.69) is 10.3 Å². The van der Waals surface area contributed by atoms with Gasteiger partial charge in [-0.1, -0.05) is 11.6 Å². The molecule has 0 saturated carbocycles. The van der Waals surface area contributed by atoms with Crippen molar-refractivity contribution in [1.29, 1.82) is 0 Å². The normalized spacial score (nSPS) is 18.9. The van der Waals surface area contributed by atoms with Gasteiger partial charge in [-0.2, -0.15) is 0 Å². The van der Waals surface area contributed by atoms with Gasteiger partial charge in [-0.05, 0) is 72.1 Å². The third-order valence-corrected chi connectivity index (χ3v) is 4.79. The van der Waals surface area contributed by atoms with Crippen LogP contribution in [0.3, 0.4) is 0 Å². The zero-order chi connectivity index (χ0) is 21.3. The molecule has 0 bridgehead atoms. The summed E-state index contributed by atoms with van der Waals surface area (Å²) in [6, 6.07) is 2.94. The van der Waals surface area contributed by atoms with E-state index in [1.54, 1.807) is 26.8 Å². The number of carbonyl (C=O) groups is 1. The molecule has 1 fully saturated rings. The molecule has 154 valence electrons. The molecule has 9 heteroatoms. The molecule has 28 heavy (non-hydrogen) atoms. The van der Waals surface area contributed by atoms with Gasteiger partial charge >= 0.3 is 13.2 Å². The molecule has 0 aromatic carbocycles. The van der Waals surface area contributed by atoms with Crippen LogP contribution < -0.4 is 5.32 Å². The molecule has 2 rings (SSSR count). The van der Waals surface area contributed by atoms with Gasteiger partial charge in [0.05, 0.1) is 11.2 Å². The fourth-order valence-electron chi connectivity index (χ4n) is 2.41. The Hall–Kier alpha value is -1.77. The van der Waals surface area contributed by atoms with Crippen LogP contribution in [0.2, 0.25) is 5.15 Å². The highest BCUT2D eigenvalue weighted by Gasteiger charge is 2.52. The van der Waals surface area contributed by atoms with Gasteiger partial charge < -0.3 is 24.5 Å². The summed E-state index contributed by atoms with van der Waals surface area (Å²) >= 11 is 5.95. The van der Waals surface area contributed by atoms with Crippen molar-refractivity contribution in [2.45, 2.75) is 65.3 Å². The monoisotopic (exact) mass is 410 g/mol. The summed E-state index contributed by atoms with van der Waals surface area (Å²) in [5, 5.41) is 13.0. The number of aromatic nitrogens is 1. The quantitative estimate of drug-likeness (QED) is 0.576. The minimum Gasteiger partial charge on any atom is -0.506 e. The van der Waals surface area contributed by atoms with Crippen molar-refractivity contribution in [3.63, 3.8) is 0 Å². The summed E-state index contributed by atoms with van der Waals surface area (Å²) in [5.41, 5.74) is -0.929. The van der Waals surface area contributed by atoms with Crippen molar-refractivity contribution >= 4 is 30.9 Å². The van der Waals surface area contributed by atoms with Gasteiger partial charge in [-0.15, -0.1) is 0 Å². The van der Waals surface area contributed by atoms with Gasteiger partial charge in [0.25, 0.3) is 0 Å². The van der Waals surface area contributed by atoms with Crippen LogP contribution >= 0.6 is 11.6 Å². The predicted molar refractivity (Wildman–Crippen MR) is 109 cm³/mol. The molecule has 2 N–H and O–H groups in total. The van der Waals surface area contributed by atoms with Crippen LogP contribution in [0.15, 0.2) is 17.6 Å². The highest BCUT2D eigenvalue weighted by atomic mass is 35.5. The van der Waals surface area contributed by atoms with E-state index in [-0.39, 0.29) is 23.1 Å². The topological polar surface area (TPSA) is 89.9 Å². The van der Waals surface area contributed by atoms with Crippen LogP contribution in [-0.4, -0.2) is 46.7 Å². The number of carbonyl (C=O) groups excluding carboxylic acids is 1. The van der Waals surface area contributed by atoms with Crippen LogP contribution in [0.25, 0.3) is 6.08 Å². The number of hydrogen-bond acceptors (Lipinski definition) is 6. The minimum absolute atomic E-state index is 0.0457.